The van der Waals surface area contributed by atoms with Crippen LogP contribution in [0.25, 0.3) is 10.8 Å². The molecule has 1 atom stereocenters. The summed E-state index contributed by atoms with van der Waals surface area (Å²) >= 11 is 0. The minimum absolute atomic E-state index is 0.172. The van der Waals surface area contributed by atoms with E-state index in [2.05, 4.69) is 24.3 Å². The lowest BCUT2D eigenvalue weighted by molar-refractivity contribution is 0.0959. The molecule has 4 rings (SSSR count). The molecule has 1 heteroatoms. The van der Waals surface area contributed by atoms with Crippen molar-refractivity contribution >= 4 is 16.6 Å². The van der Waals surface area contributed by atoms with E-state index in [0.29, 0.717) is 6.42 Å². The zero-order chi connectivity index (χ0) is 17.8. The Labute approximate surface area is 153 Å². The van der Waals surface area contributed by atoms with Crippen LogP contribution >= 0.6 is 0 Å². The highest BCUT2D eigenvalue weighted by atomic mass is 16.1. The summed E-state index contributed by atoms with van der Waals surface area (Å²) in [5.74, 6) is -0.00873. The first-order valence-electron chi connectivity index (χ1n) is 8.93. The molecule has 0 aliphatic heterocycles. The Balaban J connectivity index is 1.73. The van der Waals surface area contributed by atoms with Crippen LogP contribution in [0.3, 0.4) is 0 Å². The predicted octanol–water partition coefficient (Wildman–Crippen LogP) is 6.05. The molecule has 0 heterocycles. The third-order valence-electron chi connectivity index (χ3n) is 4.84. The topological polar surface area (TPSA) is 17.1 Å². The summed E-state index contributed by atoms with van der Waals surface area (Å²) in [6.45, 7) is 0. The monoisotopic (exact) mass is 336 g/mol. The smallest absolute Gasteiger partial charge is 0.170 e. The van der Waals surface area contributed by atoms with Crippen LogP contribution in [0.15, 0.2) is 103 Å². The highest BCUT2D eigenvalue weighted by molar-refractivity contribution is 6.03. The van der Waals surface area contributed by atoms with Gasteiger partial charge in [-0.15, -0.1) is 0 Å². The van der Waals surface area contributed by atoms with Crippen LogP contribution in [0.5, 0.6) is 0 Å². The van der Waals surface area contributed by atoms with Crippen molar-refractivity contribution < 1.29 is 4.79 Å². The van der Waals surface area contributed by atoms with E-state index in [9.17, 15) is 4.79 Å². The maximum atomic E-state index is 13.4. The first-order valence-corrected chi connectivity index (χ1v) is 8.93. The van der Waals surface area contributed by atoms with Gasteiger partial charge in [0.2, 0.25) is 0 Å². The maximum absolute atomic E-state index is 13.4. The van der Waals surface area contributed by atoms with Gasteiger partial charge in [0.1, 0.15) is 0 Å². The van der Waals surface area contributed by atoms with Gasteiger partial charge >= 0.3 is 0 Å². The van der Waals surface area contributed by atoms with Crippen molar-refractivity contribution in [3.8, 4) is 0 Å². The molecule has 0 saturated heterocycles. The van der Waals surface area contributed by atoms with E-state index in [1.807, 2.05) is 78.9 Å². The molecule has 0 saturated carbocycles. The van der Waals surface area contributed by atoms with Crippen LogP contribution in [0, 0.1) is 0 Å². The van der Waals surface area contributed by atoms with Crippen molar-refractivity contribution in [1.29, 1.82) is 0 Å². The quantitative estimate of drug-likeness (QED) is 0.405. The third kappa shape index (κ3) is 3.43. The molecule has 126 valence electrons. The summed E-state index contributed by atoms with van der Waals surface area (Å²) in [5, 5.41) is 2.26. The molecule has 0 N–H and O–H groups in total. The van der Waals surface area contributed by atoms with Gasteiger partial charge in [0.15, 0.2) is 5.78 Å². The van der Waals surface area contributed by atoms with Crippen molar-refractivity contribution in [3.63, 3.8) is 0 Å². The fraction of sp³-hybridized carbons (Fsp3) is 0.0800. The second-order valence-corrected chi connectivity index (χ2v) is 6.58. The van der Waals surface area contributed by atoms with Crippen LogP contribution < -0.4 is 0 Å². The molecule has 4 aromatic rings. The Morgan fingerprint density at radius 2 is 1.27 bits per heavy atom. The molecule has 0 amide bonds. The molecular weight excluding hydrogens is 316 g/mol. The molecule has 1 nitrogen and oxygen atoms in total. The molecule has 0 aliphatic carbocycles. The lowest BCUT2D eigenvalue weighted by Gasteiger charge is -2.17. The maximum Gasteiger partial charge on any atom is 0.170 e. The molecule has 0 fully saturated rings. The normalized spacial score (nSPS) is 12.0. The second kappa shape index (κ2) is 7.37. The highest BCUT2D eigenvalue weighted by Gasteiger charge is 2.22. The van der Waals surface area contributed by atoms with Crippen molar-refractivity contribution in [2.45, 2.75) is 12.3 Å². The minimum atomic E-state index is -0.181. The van der Waals surface area contributed by atoms with Crippen LogP contribution in [0.1, 0.15) is 27.4 Å². The second-order valence-electron chi connectivity index (χ2n) is 6.58. The molecule has 4 aromatic carbocycles. The standard InChI is InChI=1S/C25H20O/c26-25(23-16-15-20-11-7-8-14-22(20)18-23)24(21-12-5-2-6-13-21)17-19-9-3-1-4-10-19/h1-16,18,24H,17H2. The van der Waals surface area contributed by atoms with Gasteiger partial charge in [-0.05, 0) is 34.4 Å². The molecule has 0 aromatic heterocycles. The average molecular weight is 336 g/mol. The lowest BCUT2D eigenvalue weighted by Crippen LogP contribution is -2.15. The molecule has 0 spiro atoms. The molecule has 26 heavy (non-hydrogen) atoms. The molecule has 0 bridgehead atoms. The lowest BCUT2D eigenvalue weighted by atomic mass is 9.85. The number of hydrogen-bond acceptors (Lipinski definition) is 1. The fourth-order valence-electron chi connectivity index (χ4n) is 3.44. The number of carbonyl (C=O) groups is 1. The highest BCUT2D eigenvalue weighted by Crippen LogP contribution is 2.27. The first-order chi connectivity index (χ1) is 12.8. The Hall–Kier alpha value is -3.19. The van der Waals surface area contributed by atoms with Gasteiger partial charge < -0.3 is 0 Å². The van der Waals surface area contributed by atoms with Crippen molar-refractivity contribution in [1.82, 2.24) is 0 Å². The fourth-order valence-corrected chi connectivity index (χ4v) is 3.44. The van der Waals surface area contributed by atoms with Gasteiger partial charge in [-0.1, -0.05) is 97.1 Å². The number of rotatable bonds is 5. The Morgan fingerprint density at radius 1 is 0.654 bits per heavy atom. The number of hydrogen-bond donors (Lipinski definition) is 0. The van der Waals surface area contributed by atoms with Gasteiger partial charge in [0, 0.05) is 5.56 Å². The summed E-state index contributed by atoms with van der Waals surface area (Å²) in [6, 6.07) is 34.5. The van der Waals surface area contributed by atoms with Crippen molar-refractivity contribution in [2.24, 2.45) is 0 Å². The first kappa shape index (κ1) is 16.3. The molecule has 0 radical (unpaired) electrons. The average Bonchev–Trinajstić information content (AvgIpc) is 2.72. The molecule has 0 aliphatic rings. The summed E-state index contributed by atoms with van der Waals surface area (Å²) in [7, 11) is 0. The zero-order valence-corrected chi connectivity index (χ0v) is 14.5. The largest absolute Gasteiger partial charge is 0.293 e. The van der Waals surface area contributed by atoms with E-state index in [1.165, 1.54) is 5.56 Å². The van der Waals surface area contributed by atoms with Crippen LogP contribution in [-0.4, -0.2) is 5.78 Å². The predicted molar refractivity (Wildman–Crippen MR) is 108 cm³/mol. The summed E-state index contributed by atoms with van der Waals surface area (Å²) in [5.41, 5.74) is 3.01. The summed E-state index contributed by atoms with van der Waals surface area (Å²) < 4.78 is 0. The van der Waals surface area contributed by atoms with Gasteiger partial charge in [-0.25, -0.2) is 0 Å². The zero-order valence-electron chi connectivity index (χ0n) is 14.5. The summed E-state index contributed by atoms with van der Waals surface area (Å²) in [4.78, 5) is 13.4. The van der Waals surface area contributed by atoms with Crippen molar-refractivity contribution in [3.05, 3.63) is 120 Å². The molecular formula is C25H20O. The molecule has 1 unspecified atom stereocenters. The van der Waals surface area contributed by atoms with Crippen LogP contribution in [-0.2, 0) is 6.42 Å². The van der Waals surface area contributed by atoms with E-state index in [0.717, 1.165) is 21.9 Å². The number of benzene rings is 4. The Bertz CT molecular complexity index is 1020. The number of ketones is 1. The van der Waals surface area contributed by atoms with Gasteiger partial charge in [-0.3, -0.25) is 4.79 Å². The minimum Gasteiger partial charge on any atom is -0.293 e. The van der Waals surface area contributed by atoms with Crippen molar-refractivity contribution in [2.75, 3.05) is 0 Å². The number of fused-ring (bicyclic) bond motifs is 1. The SMILES string of the molecule is O=C(c1ccc2ccccc2c1)C(Cc1ccccc1)c1ccccc1. The van der Waals surface area contributed by atoms with E-state index in [1.54, 1.807) is 0 Å². The van der Waals surface area contributed by atoms with Crippen LogP contribution in [0.4, 0.5) is 0 Å². The van der Waals surface area contributed by atoms with Gasteiger partial charge in [0.05, 0.1) is 5.92 Å². The van der Waals surface area contributed by atoms with E-state index < -0.39 is 0 Å². The van der Waals surface area contributed by atoms with E-state index in [4.69, 9.17) is 0 Å². The van der Waals surface area contributed by atoms with E-state index in [-0.39, 0.29) is 11.7 Å². The Kier molecular flexibility index (Phi) is 4.61. The van der Waals surface area contributed by atoms with Crippen LogP contribution in [0.2, 0.25) is 0 Å². The van der Waals surface area contributed by atoms with Gasteiger partial charge in [0.25, 0.3) is 0 Å². The Morgan fingerprint density at radius 3 is 2.00 bits per heavy atom. The number of carbonyl (C=O) groups excluding carboxylic acids is 1. The van der Waals surface area contributed by atoms with Gasteiger partial charge in [-0.2, -0.15) is 0 Å². The van der Waals surface area contributed by atoms with E-state index >= 15 is 0 Å². The third-order valence-corrected chi connectivity index (χ3v) is 4.84. The number of Topliss-reactive ketones (excluding diaryl/α,β-unsaturated/α-hetero) is 1. The summed E-state index contributed by atoms with van der Waals surface area (Å²) in [6.07, 6.45) is 0.705.